The van der Waals surface area contributed by atoms with Crippen molar-refractivity contribution in [3.05, 3.63) is 30.0 Å². The molecule has 45 heavy (non-hydrogen) atoms. The zero-order valence-corrected chi connectivity index (χ0v) is 27.9. The Hall–Kier alpha value is -3.80. The van der Waals surface area contributed by atoms with Crippen molar-refractivity contribution in [2.24, 2.45) is 5.41 Å². The first-order valence-corrected chi connectivity index (χ1v) is 15.8. The summed E-state index contributed by atoms with van der Waals surface area (Å²) < 4.78 is 11.8. The Morgan fingerprint density at radius 1 is 1.04 bits per heavy atom. The number of nitrogens with one attached hydrogen (secondary N) is 3. The summed E-state index contributed by atoms with van der Waals surface area (Å²) in [6, 6.07) is 2.97. The van der Waals surface area contributed by atoms with Gasteiger partial charge in [0.2, 0.25) is 5.91 Å². The lowest BCUT2D eigenvalue weighted by atomic mass is 9.87. The van der Waals surface area contributed by atoms with Crippen molar-refractivity contribution < 1.29 is 33.8 Å². The summed E-state index contributed by atoms with van der Waals surface area (Å²) >= 11 is 0. The highest BCUT2D eigenvalue weighted by Gasteiger charge is 2.34. The number of urea groups is 1. The van der Waals surface area contributed by atoms with Crippen LogP contribution in [0, 0.1) is 5.41 Å². The van der Waals surface area contributed by atoms with Crippen molar-refractivity contribution in [3.8, 4) is 5.75 Å². The van der Waals surface area contributed by atoms with Gasteiger partial charge < -0.3 is 35.4 Å². The van der Waals surface area contributed by atoms with Gasteiger partial charge in [-0.2, -0.15) is 0 Å². The van der Waals surface area contributed by atoms with E-state index in [0.717, 1.165) is 30.2 Å². The predicted octanol–water partition coefficient (Wildman–Crippen LogP) is 4.52. The van der Waals surface area contributed by atoms with Crippen LogP contribution in [0.4, 0.5) is 9.59 Å². The number of aliphatic carboxylic acids is 1. The quantitative estimate of drug-likeness (QED) is 0.268. The van der Waals surface area contributed by atoms with Crippen LogP contribution in [0.15, 0.2) is 24.4 Å². The van der Waals surface area contributed by atoms with Gasteiger partial charge >= 0.3 is 18.1 Å². The minimum Gasteiger partial charge on any atom is -0.497 e. The van der Waals surface area contributed by atoms with Crippen LogP contribution >= 0.6 is 0 Å². The molecule has 2 aromatic rings. The smallest absolute Gasteiger partial charge is 0.418 e. The molecular weight excluding hydrogens is 578 g/mol. The Kier molecular flexibility index (Phi) is 12.3. The van der Waals surface area contributed by atoms with E-state index in [2.05, 4.69) is 16.0 Å². The second-order valence-electron chi connectivity index (χ2n) is 13.3. The van der Waals surface area contributed by atoms with Gasteiger partial charge in [0.25, 0.3) is 0 Å². The van der Waals surface area contributed by atoms with Crippen LogP contribution in [0.5, 0.6) is 5.75 Å². The first-order chi connectivity index (χ1) is 21.2. The highest BCUT2D eigenvalue weighted by atomic mass is 16.5. The molecule has 0 radical (unpaired) electrons. The lowest BCUT2D eigenvalue weighted by Crippen LogP contribution is -2.59. The van der Waals surface area contributed by atoms with E-state index in [1.54, 1.807) is 32.4 Å². The van der Waals surface area contributed by atoms with Crippen LogP contribution in [0.2, 0.25) is 0 Å². The topological polar surface area (TPSA) is 151 Å². The third kappa shape index (κ3) is 9.35. The van der Waals surface area contributed by atoms with Gasteiger partial charge in [0.1, 0.15) is 17.8 Å². The van der Waals surface area contributed by atoms with Crippen LogP contribution in [0.1, 0.15) is 79.2 Å². The molecule has 1 aliphatic rings. The van der Waals surface area contributed by atoms with Crippen molar-refractivity contribution in [2.45, 2.75) is 110 Å². The Labute approximate surface area is 266 Å². The number of fused-ring (bicyclic) bond motifs is 1. The number of amides is 3. The number of carbonyl (C=O) groups excluding carboxylic acids is 3. The maximum atomic E-state index is 14.0. The lowest BCUT2D eigenvalue weighted by Gasteiger charge is -2.40. The van der Waals surface area contributed by atoms with Gasteiger partial charge in [-0.1, -0.05) is 27.7 Å². The summed E-state index contributed by atoms with van der Waals surface area (Å²) in [5, 5.41) is 19.6. The number of carboxylic acids is 1. The molecule has 1 saturated heterocycles. The molecule has 1 aliphatic heterocycles. The Morgan fingerprint density at radius 2 is 1.71 bits per heavy atom. The first kappa shape index (κ1) is 35.7. The molecular formula is C33H51N5O7. The van der Waals surface area contributed by atoms with E-state index in [9.17, 15) is 24.3 Å². The highest BCUT2D eigenvalue weighted by molar-refractivity contribution is 5.93. The second kappa shape index (κ2) is 15.5. The molecule has 0 saturated carbocycles. The van der Waals surface area contributed by atoms with Crippen LogP contribution in [-0.2, 0) is 20.7 Å². The van der Waals surface area contributed by atoms with Gasteiger partial charge in [-0.15, -0.1) is 0 Å². The molecule has 0 aliphatic carbocycles. The fourth-order valence-electron chi connectivity index (χ4n) is 6.12. The van der Waals surface area contributed by atoms with Crippen LogP contribution in [0.25, 0.3) is 10.9 Å². The van der Waals surface area contributed by atoms with Gasteiger partial charge in [0.15, 0.2) is 0 Å². The molecule has 4 N–H and O–H groups in total. The molecule has 0 bridgehead atoms. The molecule has 250 valence electrons. The number of hydrogen-bond acceptors (Lipinski definition) is 7. The standard InChI is InChI=1S/C33H51N5O7/c1-9-26(30(40)41)34-18-23(15-22-19-37(32(43)45-8)28-14-13-24(44-7)16-25(22)28)35-29(39)27(17-33(4,5)6)36-31(42)38-20(2)11-10-12-21(38)3/h13-14,16,19-21,23,26-27,34H,9-12,15,17-18H2,1-8H3,(H,35,39)(H,36,42)(H,40,41)/t20-,21+,23-,26-,27+/m1/s1. The molecule has 12 nitrogen and oxygen atoms in total. The van der Waals surface area contributed by atoms with Gasteiger partial charge in [-0.3, -0.25) is 14.2 Å². The van der Waals surface area contributed by atoms with Crippen molar-refractivity contribution in [3.63, 3.8) is 0 Å². The molecule has 0 unspecified atom stereocenters. The van der Waals surface area contributed by atoms with Crippen LogP contribution < -0.4 is 20.7 Å². The van der Waals surface area contributed by atoms with Gasteiger partial charge in [-0.05, 0) is 81.5 Å². The van der Waals surface area contributed by atoms with Gasteiger partial charge in [0, 0.05) is 36.3 Å². The maximum Gasteiger partial charge on any atom is 0.418 e. The number of hydrogen-bond donors (Lipinski definition) is 4. The average Bonchev–Trinajstić information content (AvgIpc) is 3.32. The van der Waals surface area contributed by atoms with Crippen molar-refractivity contribution >= 4 is 34.9 Å². The molecule has 1 fully saturated rings. The molecule has 3 rings (SSSR count). The summed E-state index contributed by atoms with van der Waals surface area (Å²) in [4.78, 5) is 53.8. The Morgan fingerprint density at radius 3 is 2.27 bits per heavy atom. The van der Waals surface area contributed by atoms with Crippen molar-refractivity contribution in [1.82, 2.24) is 25.4 Å². The van der Waals surface area contributed by atoms with E-state index in [1.807, 2.05) is 45.6 Å². The molecule has 1 aromatic heterocycles. The number of ether oxygens (including phenoxy) is 2. The summed E-state index contributed by atoms with van der Waals surface area (Å²) in [5.74, 6) is -0.756. The summed E-state index contributed by atoms with van der Waals surface area (Å²) in [5.41, 5.74) is 1.07. The third-order valence-electron chi connectivity index (χ3n) is 8.45. The molecule has 2 heterocycles. The average molecular weight is 630 g/mol. The van der Waals surface area contributed by atoms with E-state index in [4.69, 9.17) is 9.47 Å². The summed E-state index contributed by atoms with van der Waals surface area (Å²) in [6.07, 6.45) is 4.98. The maximum absolute atomic E-state index is 14.0. The van der Waals surface area contributed by atoms with Crippen LogP contribution in [-0.4, -0.2) is 89.5 Å². The fraction of sp³-hybridized carbons (Fsp3) is 0.636. The number of aromatic nitrogens is 1. The highest BCUT2D eigenvalue weighted by Crippen LogP contribution is 2.28. The lowest BCUT2D eigenvalue weighted by molar-refractivity contribution is -0.139. The molecule has 5 atom stereocenters. The molecule has 0 spiro atoms. The van der Waals surface area contributed by atoms with Gasteiger partial charge in [-0.25, -0.2) is 9.59 Å². The number of nitrogens with zero attached hydrogens (tertiary/aromatic N) is 2. The Balaban J connectivity index is 1.95. The minimum atomic E-state index is -0.989. The number of carboxylic acid groups (broad SMARTS) is 1. The van der Waals surface area contributed by atoms with Crippen molar-refractivity contribution in [2.75, 3.05) is 20.8 Å². The molecule has 1 aromatic carbocycles. The Bertz CT molecular complexity index is 1340. The summed E-state index contributed by atoms with van der Waals surface area (Å²) in [7, 11) is 2.85. The van der Waals surface area contributed by atoms with E-state index in [1.165, 1.54) is 11.7 Å². The van der Waals surface area contributed by atoms with Gasteiger partial charge in [0.05, 0.1) is 19.7 Å². The monoisotopic (exact) mass is 629 g/mol. The predicted molar refractivity (Wildman–Crippen MR) is 173 cm³/mol. The number of methoxy groups -OCH3 is 2. The zero-order valence-electron chi connectivity index (χ0n) is 27.9. The van der Waals surface area contributed by atoms with E-state index >= 15 is 0 Å². The largest absolute Gasteiger partial charge is 0.497 e. The number of likely N-dealkylation sites (tertiary alicyclic amines) is 1. The summed E-state index contributed by atoms with van der Waals surface area (Å²) in [6.45, 7) is 12.0. The van der Waals surface area contributed by atoms with E-state index in [-0.39, 0.29) is 42.4 Å². The number of carbonyl (C=O) groups is 4. The minimum absolute atomic E-state index is 0.0650. The third-order valence-corrected chi connectivity index (χ3v) is 8.45. The normalized spacial score (nSPS) is 19.0. The zero-order chi connectivity index (χ0) is 33.5. The number of benzene rings is 1. The van der Waals surface area contributed by atoms with E-state index < -0.39 is 30.2 Å². The molecule has 12 heteroatoms. The van der Waals surface area contributed by atoms with Crippen LogP contribution in [0.3, 0.4) is 0 Å². The number of piperidine rings is 1. The first-order valence-electron chi connectivity index (χ1n) is 15.8. The van der Waals surface area contributed by atoms with E-state index in [0.29, 0.717) is 24.1 Å². The second-order valence-corrected chi connectivity index (χ2v) is 13.3. The SMILES string of the molecule is CC[C@@H](NC[C@@H](Cc1cn(C(=O)OC)c2ccc(OC)cc12)NC(=O)[C@H](CC(C)(C)C)NC(=O)N1[C@H](C)CCC[C@@H]1C)C(=O)O. The number of rotatable bonds is 12. The fourth-order valence-corrected chi connectivity index (χ4v) is 6.12. The molecule has 3 amide bonds. The van der Waals surface area contributed by atoms with Crippen molar-refractivity contribution in [1.29, 1.82) is 0 Å².